The van der Waals surface area contributed by atoms with Gasteiger partial charge in [0.2, 0.25) is 0 Å². The zero-order valence-electron chi connectivity index (χ0n) is 16.6. The van der Waals surface area contributed by atoms with Gasteiger partial charge in [-0.2, -0.15) is 5.10 Å². The number of likely N-dealkylation sites (tertiary alicyclic amines) is 1. The third kappa shape index (κ3) is 5.60. The second-order valence-corrected chi connectivity index (χ2v) is 7.46. The van der Waals surface area contributed by atoms with Crippen molar-refractivity contribution in [3.05, 3.63) is 42.2 Å². The molecular formula is C20H30IN5O. The summed E-state index contributed by atoms with van der Waals surface area (Å²) in [5.41, 5.74) is 2.32. The molecule has 0 amide bonds. The first-order chi connectivity index (χ1) is 12.5. The number of guanidine groups is 1. The molecule has 1 aromatic carbocycles. The summed E-state index contributed by atoms with van der Waals surface area (Å²) in [5.74, 6) is 1.83. The van der Waals surface area contributed by atoms with Gasteiger partial charge in [0, 0.05) is 25.8 Å². The van der Waals surface area contributed by atoms with Crippen LogP contribution < -0.4 is 10.1 Å². The van der Waals surface area contributed by atoms with E-state index in [9.17, 15) is 0 Å². The van der Waals surface area contributed by atoms with Crippen molar-refractivity contribution in [3.8, 4) is 11.4 Å². The normalized spacial score (nSPS) is 16.1. The molecule has 1 N–H and O–H groups in total. The number of hydrogen-bond acceptors (Lipinski definition) is 3. The van der Waals surface area contributed by atoms with Crippen LogP contribution in [0.4, 0.5) is 0 Å². The highest BCUT2D eigenvalue weighted by atomic mass is 127. The topological polar surface area (TPSA) is 54.7 Å². The molecule has 0 unspecified atom stereocenters. The van der Waals surface area contributed by atoms with Gasteiger partial charge >= 0.3 is 0 Å². The Bertz CT molecular complexity index is 754. The SMILES string of the molecule is CCNC(=NCc1ccn(-c2ccc(OC)cc2)n1)N1CCC(C)(C)C1.I. The number of methoxy groups -OCH3 is 1. The van der Waals surface area contributed by atoms with Crippen molar-refractivity contribution in [2.24, 2.45) is 10.4 Å². The Kier molecular flexibility index (Phi) is 7.52. The van der Waals surface area contributed by atoms with Crippen molar-refractivity contribution in [1.29, 1.82) is 0 Å². The molecule has 0 spiro atoms. The van der Waals surface area contributed by atoms with Crippen LogP contribution in [-0.4, -0.2) is 47.4 Å². The lowest BCUT2D eigenvalue weighted by atomic mass is 9.93. The second-order valence-electron chi connectivity index (χ2n) is 7.46. The fourth-order valence-corrected chi connectivity index (χ4v) is 3.20. The molecule has 0 bridgehead atoms. The molecular weight excluding hydrogens is 453 g/mol. The third-order valence-electron chi connectivity index (χ3n) is 4.68. The minimum absolute atomic E-state index is 0. The Hall–Kier alpha value is -1.77. The molecule has 27 heavy (non-hydrogen) atoms. The average Bonchev–Trinajstić information content (AvgIpc) is 3.25. The first kappa shape index (κ1) is 21.5. The van der Waals surface area contributed by atoms with E-state index in [2.05, 4.69) is 36.1 Å². The lowest BCUT2D eigenvalue weighted by Gasteiger charge is -2.23. The summed E-state index contributed by atoms with van der Waals surface area (Å²) in [6, 6.07) is 9.89. The molecule has 6 nitrogen and oxygen atoms in total. The molecule has 1 saturated heterocycles. The number of aromatic nitrogens is 2. The maximum Gasteiger partial charge on any atom is 0.194 e. The number of halogens is 1. The van der Waals surface area contributed by atoms with Crippen molar-refractivity contribution >= 4 is 29.9 Å². The van der Waals surface area contributed by atoms with Crippen LogP contribution in [0.3, 0.4) is 0 Å². The van der Waals surface area contributed by atoms with Crippen LogP contribution in [0.15, 0.2) is 41.5 Å². The van der Waals surface area contributed by atoms with Crippen molar-refractivity contribution in [3.63, 3.8) is 0 Å². The van der Waals surface area contributed by atoms with Crippen LogP contribution in [0.1, 0.15) is 32.9 Å². The summed E-state index contributed by atoms with van der Waals surface area (Å²) in [6.45, 7) is 10.3. The fourth-order valence-electron chi connectivity index (χ4n) is 3.20. The second kappa shape index (κ2) is 9.43. The van der Waals surface area contributed by atoms with Gasteiger partial charge in [-0.05, 0) is 49.1 Å². The third-order valence-corrected chi connectivity index (χ3v) is 4.68. The van der Waals surface area contributed by atoms with E-state index < -0.39 is 0 Å². The smallest absolute Gasteiger partial charge is 0.194 e. The monoisotopic (exact) mass is 483 g/mol. The van der Waals surface area contributed by atoms with Gasteiger partial charge in [-0.3, -0.25) is 0 Å². The van der Waals surface area contributed by atoms with E-state index in [0.29, 0.717) is 12.0 Å². The highest BCUT2D eigenvalue weighted by molar-refractivity contribution is 14.0. The van der Waals surface area contributed by atoms with Crippen molar-refractivity contribution < 1.29 is 4.74 Å². The maximum absolute atomic E-state index is 5.20. The van der Waals surface area contributed by atoms with Crippen LogP contribution in [0, 0.1) is 5.41 Å². The van der Waals surface area contributed by atoms with Crippen molar-refractivity contribution in [2.75, 3.05) is 26.7 Å². The molecule has 1 aromatic heterocycles. The summed E-state index contributed by atoms with van der Waals surface area (Å²) in [4.78, 5) is 7.15. The van der Waals surface area contributed by atoms with Crippen LogP contribution in [0.25, 0.3) is 5.69 Å². The lowest BCUT2D eigenvalue weighted by Crippen LogP contribution is -2.40. The van der Waals surface area contributed by atoms with Crippen LogP contribution in [-0.2, 0) is 6.54 Å². The van der Waals surface area contributed by atoms with Gasteiger partial charge in [-0.25, -0.2) is 9.67 Å². The predicted octanol–water partition coefficient (Wildman–Crippen LogP) is 3.70. The van der Waals surface area contributed by atoms with Gasteiger partial charge in [0.25, 0.3) is 0 Å². The molecule has 2 heterocycles. The molecule has 1 aliphatic heterocycles. The van der Waals surface area contributed by atoms with E-state index in [0.717, 1.165) is 42.7 Å². The minimum Gasteiger partial charge on any atom is -0.497 e. The highest BCUT2D eigenvalue weighted by Gasteiger charge is 2.30. The van der Waals surface area contributed by atoms with Gasteiger partial charge in [-0.15, -0.1) is 24.0 Å². The van der Waals surface area contributed by atoms with E-state index in [-0.39, 0.29) is 24.0 Å². The van der Waals surface area contributed by atoms with E-state index in [1.165, 1.54) is 6.42 Å². The zero-order valence-corrected chi connectivity index (χ0v) is 18.9. The molecule has 0 radical (unpaired) electrons. The van der Waals surface area contributed by atoms with Crippen LogP contribution >= 0.6 is 24.0 Å². The highest BCUT2D eigenvalue weighted by Crippen LogP contribution is 2.28. The Morgan fingerprint density at radius 1 is 1.26 bits per heavy atom. The number of benzene rings is 1. The van der Waals surface area contributed by atoms with Gasteiger partial charge < -0.3 is 15.0 Å². The standard InChI is InChI=1S/C20H29N5O.HI/c1-5-21-19(24-13-11-20(2,3)15-24)22-14-16-10-12-25(23-16)17-6-8-18(26-4)9-7-17;/h6-10,12H,5,11,13-15H2,1-4H3,(H,21,22);1H. The molecule has 0 saturated carbocycles. The van der Waals surface area contributed by atoms with E-state index >= 15 is 0 Å². The summed E-state index contributed by atoms with van der Waals surface area (Å²) in [5, 5.41) is 8.06. The van der Waals surface area contributed by atoms with Crippen molar-refractivity contribution in [1.82, 2.24) is 20.0 Å². The average molecular weight is 483 g/mol. The first-order valence-electron chi connectivity index (χ1n) is 9.23. The summed E-state index contributed by atoms with van der Waals surface area (Å²) < 4.78 is 7.07. The number of ether oxygens (including phenoxy) is 1. The molecule has 0 aliphatic carbocycles. The maximum atomic E-state index is 5.20. The van der Waals surface area contributed by atoms with E-state index in [1.54, 1.807) is 7.11 Å². The van der Waals surface area contributed by atoms with Gasteiger partial charge in [0.05, 0.1) is 25.0 Å². The Balaban J connectivity index is 0.00000261. The lowest BCUT2D eigenvalue weighted by molar-refractivity contribution is 0.370. The van der Waals surface area contributed by atoms with E-state index in [1.807, 2.05) is 41.2 Å². The predicted molar refractivity (Wildman–Crippen MR) is 120 cm³/mol. The molecule has 3 rings (SSSR count). The number of nitrogens with one attached hydrogen (secondary N) is 1. The molecule has 2 aromatic rings. The Labute approximate surface area is 179 Å². The Morgan fingerprint density at radius 2 is 2.00 bits per heavy atom. The quantitative estimate of drug-likeness (QED) is 0.401. The fraction of sp³-hybridized carbons (Fsp3) is 0.500. The number of nitrogens with zero attached hydrogens (tertiary/aromatic N) is 4. The van der Waals surface area contributed by atoms with Crippen LogP contribution in [0.5, 0.6) is 5.75 Å². The summed E-state index contributed by atoms with van der Waals surface area (Å²) in [7, 11) is 1.67. The van der Waals surface area contributed by atoms with Crippen LogP contribution in [0.2, 0.25) is 0 Å². The molecule has 1 fully saturated rings. The number of aliphatic imine (C=N–C) groups is 1. The molecule has 1 aliphatic rings. The van der Waals surface area contributed by atoms with Gasteiger partial charge in [0.1, 0.15) is 5.75 Å². The molecule has 0 atom stereocenters. The Morgan fingerprint density at radius 3 is 2.59 bits per heavy atom. The zero-order chi connectivity index (χ0) is 18.6. The largest absolute Gasteiger partial charge is 0.497 e. The molecule has 148 valence electrons. The summed E-state index contributed by atoms with van der Waals surface area (Å²) >= 11 is 0. The molecule has 7 heteroatoms. The van der Waals surface area contributed by atoms with Crippen molar-refractivity contribution in [2.45, 2.75) is 33.7 Å². The van der Waals surface area contributed by atoms with E-state index in [4.69, 9.17) is 9.73 Å². The van der Waals surface area contributed by atoms with Gasteiger partial charge in [0.15, 0.2) is 5.96 Å². The minimum atomic E-state index is 0. The summed E-state index contributed by atoms with van der Waals surface area (Å²) in [6.07, 6.45) is 3.17. The van der Waals surface area contributed by atoms with Gasteiger partial charge in [-0.1, -0.05) is 13.8 Å². The number of rotatable bonds is 5. The first-order valence-corrected chi connectivity index (χ1v) is 9.23. The number of hydrogen-bond donors (Lipinski definition) is 1.